The van der Waals surface area contributed by atoms with Crippen molar-refractivity contribution in [2.75, 3.05) is 0 Å². The van der Waals surface area contributed by atoms with Crippen molar-refractivity contribution in [3.63, 3.8) is 0 Å². The number of nitrogens with one attached hydrogen (secondary N) is 1. The Morgan fingerprint density at radius 1 is 1.11 bits per heavy atom. The van der Waals surface area contributed by atoms with Gasteiger partial charge in [-0.1, -0.05) is 53.7 Å². The Balaban J connectivity index is 1.23. The van der Waals surface area contributed by atoms with Gasteiger partial charge in [0, 0.05) is 23.0 Å². The molecule has 1 aliphatic carbocycles. The third-order valence-corrected chi connectivity index (χ3v) is 8.33. The van der Waals surface area contributed by atoms with Crippen LogP contribution in [0.2, 0.25) is 0 Å². The average molecular weight is 497 g/mol. The summed E-state index contributed by atoms with van der Waals surface area (Å²) in [5.41, 5.74) is 6.74. The lowest BCUT2D eigenvalue weighted by molar-refractivity contribution is 0.390. The highest BCUT2D eigenvalue weighted by molar-refractivity contribution is 7.18. The van der Waals surface area contributed by atoms with Gasteiger partial charge in [-0.15, -0.1) is 11.3 Å². The number of thiophene rings is 1. The van der Waals surface area contributed by atoms with Crippen molar-refractivity contribution < 1.29 is 4.52 Å². The molecule has 1 N–H and O–H groups in total. The van der Waals surface area contributed by atoms with Crippen LogP contribution in [0.25, 0.3) is 21.3 Å². The molecule has 0 radical (unpaired) electrons. The summed E-state index contributed by atoms with van der Waals surface area (Å²) in [4.78, 5) is 20.4. The largest absolute Gasteiger partial charge is 0.361 e. The molecule has 0 saturated heterocycles. The number of hydrogen-bond donors (Lipinski definition) is 1. The summed E-state index contributed by atoms with van der Waals surface area (Å²) in [7, 11) is 0. The van der Waals surface area contributed by atoms with Crippen molar-refractivity contribution in [2.24, 2.45) is 0 Å². The fraction of sp³-hybridized carbons (Fsp3) is 0.276. The van der Waals surface area contributed by atoms with Crippen LogP contribution < -0.4 is 10.9 Å². The third kappa shape index (κ3) is 4.29. The van der Waals surface area contributed by atoms with E-state index in [0.717, 1.165) is 64.2 Å². The van der Waals surface area contributed by atoms with Crippen molar-refractivity contribution in [2.45, 2.75) is 52.2 Å². The maximum Gasteiger partial charge on any atom is 0.262 e. The van der Waals surface area contributed by atoms with E-state index < -0.39 is 0 Å². The van der Waals surface area contributed by atoms with E-state index in [4.69, 9.17) is 9.51 Å². The van der Waals surface area contributed by atoms with Gasteiger partial charge in [-0.05, 0) is 61.4 Å². The highest BCUT2D eigenvalue weighted by Gasteiger charge is 2.25. The van der Waals surface area contributed by atoms with Crippen LogP contribution in [-0.4, -0.2) is 20.7 Å². The molecule has 5 aromatic rings. The summed E-state index contributed by atoms with van der Waals surface area (Å²) in [6.45, 7) is 5.19. The van der Waals surface area contributed by atoms with E-state index in [9.17, 15) is 4.79 Å². The second kappa shape index (κ2) is 9.48. The minimum atomic E-state index is 0.0599. The third-order valence-electron chi connectivity index (χ3n) is 7.17. The zero-order valence-electron chi connectivity index (χ0n) is 20.5. The minimum Gasteiger partial charge on any atom is -0.361 e. The molecule has 1 unspecified atom stereocenters. The molecule has 6 nitrogen and oxygen atoms in total. The van der Waals surface area contributed by atoms with Gasteiger partial charge in [-0.3, -0.25) is 9.36 Å². The summed E-state index contributed by atoms with van der Waals surface area (Å²) in [6.07, 6.45) is 4.50. The molecule has 0 spiro atoms. The number of rotatable bonds is 6. The van der Waals surface area contributed by atoms with E-state index in [-0.39, 0.29) is 5.56 Å². The van der Waals surface area contributed by atoms with Crippen LogP contribution in [0.3, 0.4) is 0 Å². The smallest absolute Gasteiger partial charge is 0.262 e. The fourth-order valence-electron chi connectivity index (χ4n) is 5.17. The molecule has 3 heterocycles. The number of aryl methyl sites for hydroxylation is 3. The van der Waals surface area contributed by atoms with Gasteiger partial charge in [0.1, 0.15) is 10.6 Å². The van der Waals surface area contributed by atoms with Gasteiger partial charge in [-0.25, -0.2) is 4.98 Å². The second-order valence-electron chi connectivity index (χ2n) is 9.55. The SMILES string of the molecule is Cc1noc(C)c1CNC1CCc2c(sc3ncn(Cc4cccc(-c5ccccc5)c4)c(=O)c23)C1. The predicted octanol–water partition coefficient (Wildman–Crippen LogP) is 5.43. The Hall–Kier alpha value is -3.55. The standard InChI is InChI=1S/C29H28N4O2S/c1-18-25(19(2)35-32-18)15-30-23-11-12-24-26(14-23)36-28-27(24)29(34)33(17-31-28)16-20-7-6-10-22(13-20)21-8-4-3-5-9-21/h3-10,13,17,23,30H,11-12,14-16H2,1-2H3. The van der Waals surface area contributed by atoms with Gasteiger partial charge in [-0.2, -0.15) is 0 Å². The number of fused-ring (bicyclic) bond motifs is 3. The first-order chi connectivity index (χ1) is 17.6. The Bertz CT molecular complexity index is 1580. The fourth-order valence-corrected chi connectivity index (χ4v) is 6.42. The molecule has 1 atom stereocenters. The van der Waals surface area contributed by atoms with Gasteiger partial charge in [0.05, 0.1) is 24.0 Å². The molecule has 7 heteroatoms. The van der Waals surface area contributed by atoms with Gasteiger partial charge in [0.25, 0.3) is 5.56 Å². The summed E-state index contributed by atoms with van der Waals surface area (Å²) < 4.78 is 7.05. The molecule has 0 saturated carbocycles. The van der Waals surface area contributed by atoms with E-state index in [1.807, 2.05) is 32.0 Å². The van der Waals surface area contributed by atoms with Crippen LogP contribution in [0.4, 0.5) is 0 Å². The van der Waals surface area contributed by atoms with E-state index in [1.54, 1.807) is 22.2 Å². The molecule has 0 bridgehead atoms. The Kier molecular flexibility index (Phi) is 6.03. The van der Waals surface area contributed by atoms with Crippen LogP contribution in [0.5, 0.6) is 0 Å². The number of aromatic nitrogens is 3. The molecule has 0 aliphatic heterocycles. The van der Waals surface area contributed by atoms with Gasteiger partial charge < -0.3 is 9.84 Å². The summed E-state index contributed by atoms with van der Waals surface area (Å²) in [5, 5.41) is 8.53. The Morgan fingerprint density at radius 3 is 2.75 bits per heavy atom. The van der Waals surface area contributed by atoms with E-state index in [2.05, 4.69) is 46.9 Å². The first-order valence-corrected chi connectivity index (χ1v) is 13.2. The molecule has 0 amide bonds. The number of nitrogens with zero attached hydrogens (tertiary/aromatic N) is 3. The topological polar surface area (TPSA) is 73.0 Å². The van der Waals surface area contributed by atoms with E-state index in [1.165, 1.54) is 16.0 Å². The molecule has 0 fully saturated rings. The van der Waals surface area contributed by atoms with Crippen LogP contribution >= 0.6 is 11.3 Å². The van der Waals surface area contributed by atoms with Crippen molar-refractivity contribution >= 4 is 21.6 Å². The second-order valence-corrected chi connectivity index (χ2v) is 10.6. The van der Waals surface area contributed by atoms with Crippen LogP contribution in [0.1, 0.15) is 39.4 Å². The molecule has 1 aliphatic rings. The summed E-state index contributed by atoms with van der Waals surface area (Å²) >= 11 is 1.67. The molecule has 3 aromatic heterocycles. The van der Waals surface area contributed by atoms with E-state index >= 15 is 0 Å². The monoisotopic (exact) mass is 496 g/mol. The van der Waals surface area contributed by atoms with Crippen LogP contribution in [0, 0.1) is 13.8 Å². The highest BCUT2D eigenvalue weighted by atomic mass is 32.1. The van der Waals surface area contributed by atoms with Crippen molar-refractivity contribution in [3.05, 3.63) is 104 Å². The first kappa shape index (κ1) is 22.9. The minimum absolute atomic E-state index is 0.0599. The molecule has 6 rings (SSSR count). The lowest BCUT2D eigenvalue weighted by Gasteiger charge is -2.23. The van der Waals surface area contributed by atoms with Gasteiger partial charge >= 0.3 is 0 Å². The highest BCUT2D eigenvalue weighted by Crippen LogP contribution is 2.34. The molecule has 36 heavy (non-hydrogen) atoms. The quantitative estimate of drug-likeness (QED) is 0.340. The van der Waals surface area contributed by atoms with Crippen molar-refractivity contribution in [3.8, 4) is 11.1 Å². The zero-order chi connectivity index (χ0) is 24.6. The maximum atomic E-state index is 13.6. The summed E-state index contributed by atoms with van der Waals surface area (Å²) in [5.74, 6) is 0.873. The van der Waals surface area contributed by atoms with Gasteiger partial charge in [0.2, 0.25) is 0 Å². The predicted molar refractivity (Wildman–Crippen MR) is 143 cm³/mol. The normalized spacial score (nSPS) is 15.3. The number of benzene rings is 2. The van der Waals surface area contributed by atoms with Crippen molar-refractivity contribution in [1.82, 2.24) is 20.0 Å². The molecular weight excluding hydrogens is 468 g/mol. The Labute approximate surface area is 213 Å². The first-order valence-electron chi connectivity index (χ1n) is 12.4. The zero-order valence-corrected chi connectivity index (χ0v) is 21.3. The Morgan fingerprint density at radius 2 is 1.94 bits per heavy atom. The van der Waals surface area contributed by atoms with Gasteiger partial charge in [0.15, 0.2) is 0 Å². The average Bonchev–Trinajstić information content (AvgIpc) is 3.44. The maximum absolute atomic E-state index is 13.6. The van der Waals surface area contributed by atoms with Crippen molar-refractivity contribution in [1.29, 1.82) is 0 Å². The molecule has 2 aromatic carbocycles. The molecule has 182 valence electrons. The lowest BCUT2D eigenvalue weighted by Crippen LogP contribution is -2.34. The molecular formula is C29H28N4O2S. The van der Waals surface area contributed by atoms with Crippen LogP contribution in [-0.2, 0) is 25.9 Å². The number of hydrogen-bond acceptors (Lipinski definition) is 6. The summed E-state index contributed by atoms with van der Waals surface area (Å²) in [6, 6.07) is 19.1. The van der Waals surface area contributed by atoms with Crippen LogP contribution in [0.15, 0.2) is 70.2 Å². The lowest BCUT2D eigenvalue weighted by atomic mass is 9.93. The van der Waals surface area contributed by atoms with E-state index in [0.29, 0.717) is 12.6 Å².